The van der Waals surface area contributed by atoms with E-state index in [1.54, 1.807) is 31.2 Å². The zero-order valence-electron chi connectivity index (χ0n) is 22.2. The number of nitrogens with one attached hydrogen (secondary N) is 1. The predicted molar refractivity (Wildman–Crippen MR) is 142 cm³/mol. The number of anilines is 1. The van der Waals surface area contributed by atoms with Crippen molar-refractivity contribution >= 4 is 27.5 Å². The van der Waals surface area contributed by atoms with Crippen LogP contribution in [0, 0.1) is 5.82 Å². The first kappa shape index (κ1) is 29.3. The van der Waals surface area contributed by atoms with Gasteiger partial charge in [0.25, 0.3) is 0 Å². The third-order valence-corrected chi connectivity index (χ3v) is 6.78. The Labute approximate surface area is 214 Å². The summed E-state index contributed by atoms with van der Waals surface area (Å²) >= 11 is 0. The normalized spacial score (nSPS) is 12.8. The smallest absolute Gasteiger partial charge is 0.244 e. The molecule has 0 aliphatic rings. The number of nitrogens with zero attached hydrogens (tertiary/aromatic N) is 2. The standard InChI is InChI=1S/C27H38FN3O4S/c1-8-23(26(33)29-27(4,5)6)30(17-20-13-15-21(28)16-14-20)25(32)18-31(36(7,34)35)24-12-10-9-11-22(24)19(2)3/h9-16,19,23H,8,17-18H2,1-7H3,(H,29,33)/t23-/m0/s1. The van der Waals surface area contributed by atoms with Crippen molar-refractivity contribution in [3.05, 3.63) is 65.5 Å². The molecule has 0 radical (unpaired) electrons. The molecule has 0 saturated heterocycles. The lowest BCUT2D eigenvalue weighted by Gasteiger charge is -2.35. The van der Waals surface area contributed by atoms with E-state index in [2.05, 4.69) is 5.32 Å². The summed E-state index contributed by atoms with van der Waals surface area (Å²) in [4.78, 5) is 28.3. The number of hydrogen-bond acceptors (Lipinski definition) is 4. The number of rotatable bonds is 10. The number of benzene rings is 2. The van der Waals surface area contributed by atoms with Crippen LogP contribution >= 0.6 is 0 Å². The molecule has 0 heterocycles. The summed E-state index contributed by atoms with van der Waals surface area (Å²) in [6, 6.07) is 11.9. The number of halogens is 1. The van der Waals surface area contributed by atoms with Crippen LogP contribution in [-0.2, 0) is 26.2 Å². The van der Waals surface area contributed by atoms with E-state index in [0.717, 1.165) is 16.1 Å². The Kier molecular flexibility index (Phi) is 9.65. The van der Waals surface area contributed by atoms with Gasteiger partial charge in [-0.05, 0) is 62.4 Å². The van der Waals surface area contributed by atoms with E-state index in [1.165, 1.54) is 17.0 Å². The summed E-state index contributed by atoms with van der Waals surface area (Å²) in [6.45, 7) is 10.8. The second-order valence-electron chi connectivity index (χ2n) is 10.3. The fraction of sp³-hybridized carbons (Fsp3) is 0.481. The second-order valence-corrected chi connectivity index (χ2v) is 12.2. The van der Waals surface area contributed by atoms with Crippen LogP contribution in [0.25, 0.3) is 0 Å². The van der Waals surface area contributed by atoms with Crippen LogP contribution in [0.1, 0.15) is 65.0 Å². The van der Waals surface area contributed by atoms with Gasteiger partial charge in [-0.1, -0.05) is 51.1 Å². The Hall–Kier alpha value is -2.94. The van der Waals surface area contributed by atoms with Crippen LogP contribution in [0.3, 0.4) is 0 Å². The molecular weight excluding hydrogens is 481 g/mol. The van der Waals surface area contributed by atoms with Gasteiger partial charge in [0.1, 0.15) is 18.4 Å². The molecule has 0 aliphatic heterocycles. The van der Waals surface area contributed by atoms with Crippen LogP contribution in [0.4, 0.5) is 10.1 Å². The van der Waals surface area contributed by atoms with Gasteiger partial charge in [-0.2, -0.15) is 0 Å². The minimum Gasteiger partial charge on any atom is -0.350 e. The highest BCUT2D eigenvalue weighted by Crippen LogP contribution is 2.29. The van der Waals surface area contributed by atoms with E-state index in [0.29, 0.717) is 17.7 Å². The van der Waals surface area contributed by atoms with Gasteiger partial charge in [0.2, 0.25) is 21.8 Å². The first-order valence-electron chi connectivity index (χ1n) is 12.1. The van der Waals surface area contributed by atoms with E-state index in [4.69, 9.17) is 0 Å². The third kappa shape index (κ3) is 8.05. The van der Waals surface area contributed by atoms with Gasteiger partial charge in [0.05, 0.1) is 11.9 Å². The zero-order valence-corrected chi connectivity index (χ0v) is 23.0. The molecular formula is C27H38FN3O4S. The molecule has 2 amide bonds. The molecule has 0 aromatic heterocycles. The molecule has 198 valence electrons. The zero-order chi connectivity index (χ0) is 27.3. The number of carbonyl (C=O) groups excluding carboxylic acids is 2. The van der Waals surface area contributed by atoms with Gasteiger partial charge < -0.3 is 10.2 Å². The highest BCUT2D eigenvalue weighted by Gasteiger charge is 2.33. The number of carbonyl (C=O) groups is 2. The van der Waals surface area contributed by atoms with Gasteiger partial charge in [-0.3, -0.25) is 13.9 Å². The first-order valence-corrected chi connectivity index (χ1v) is 13.9. The molecule has 2 aromatic carbocycles. The van der Waals surface area contributed by atoms with Gasteiger partial charge in [0.15, 0.2) is 0 Å². The summed E-state index contributed by atoms with van der Waals surface area (Å²) in [7, 11) is -3.83. The van der Waals surface area contributed by atoms with Crippen molar-refractivity contribution in [2.75, 3.05) is 17.1 Å². The molecule has 0 fully saturated rings. The van der Waals surface area contributed by atoms with Crippen LogP contribution in [0.15, 0.2) is 48.5 Å². The van der Waals surface area contributed by atoms with Crippen LogP contribution in [-0.4, -0.2) is 49.5 Å². The molecule has 36 heavy (non-hydrogen) atoms. The largest absolute Gasteiger partial charge is 0.350 e. The molecule has 2 aromatic rings. The van der Waals surface area contributed by atoms with E-state index >= 15 is 0 Å². The summed E-state index contributed by atoms with van der Waals surface area (Å²) < 4.78 is 40.3. The summed E-state index contributed by atoms with van der Waals surface area (Å²) in [5.74, 6) is -1.26. The van der Waals surface area contributed by atoms with Crippen molar-refractivity contribution in [2.45, 2.75) is 72.0 Å². The Morgan fingerprint density at radius 2 is 1.61 bits per heavy atom. The topological polar surface area (TPSA) is 86.8 Å². The SMILES string of the molecule is CC[C@@H](C(=O)NC(C)(C)C)N(Cc1ccc(F)cc1)C(=O)CN(c1ccccc1C(C)C)S(C)(=O)=O. The van der Waals surface area contributed by atoms with Crippen molar-refractivity contribution in [3.63, 3.8) is 0 Å². The number of amides is 2. The van der Waals surface area contributed by atoms with Gasteiger partial charge >= 0.3 is 0 Å². The Morgan fingerprint density at radius 1 is 1.03 bits per heavy atom. The molecule has 0 unspecified atom stereocenters. The fourth-order valence-electron chi connectivity index (χ4n) is 3.96. The van der Waals surface area contributed by atoms with E-state index in [1.807, 2.05) is 46.8 Å². The highest BCUT2D eigenvalue weighted by atomic mass is 32.2. The average Bonchev–Trinajstić information content (AvgIpc) is 2.76. The third-order valence-electron chi connectivity index (χ3n) is 5.66. The first-order chi connectivity index (χ1) is 16.6. The Balaban J connectivity index is 2.51. The molecule has 2 rings (SSSR count). The van der Waals surface area contributed by atoms with Crippen molar-refractivity contribution < 1.29 is 22.4 Å². The summed E-state index contributed by atoms with van der Waals surface area (Å²) in [5, 5.41) is 2.92. The maximum atomic E-state index is 13.8. The fourth-order valence-corrected chi connectivity index (χ4v) is 4.83. The molecule has 9 heteroatoms. The Bertz CT molecular complexity index is 1160. The predicted octanol–water partition coefficient (Wildman–Crippen LogP) is 4.44. The van der Waals surface area contributed by atoms with Crippen molar-refractivity contribution in [1.29, 1.82) is 0 Å². The van der Waals surface area contributed by atoms with Crippen molar-refractivity contribution in [2.24, 2.45) is 0 Å². The number of hydrogen-bond donors (Lipinski definition) is 1. The monoisotopic (exact) mass is 519 g/mol. The highest BCUT2D eigenvalue weighted by molar-refractivity contribution is 7.92. The molecule has 0 saturated carbocycles. The van der Waals surface area contributed by atoms with Gasteiger partial charge in [-0.25, -0.2) is 12.8 Å². The van der Waals surface area contributed by atoms with E-state index in [9.17, 15) is 22.4 Å². The summed E-state index contributed by atoms with van der Waals surface area (Å²) in [6.07, 6.45) is 1.38. The maximum absolute atomic E-state index is 13.8. The quantitative estimate of drug-likeness (QED) is 0.503. The second kappa shape index (κ2) is 11.9. The van der Waals surface area contributed by atoms with Crippen molar-refractivity contribution in [3.8, 4) is 0 Å². The maximum Gasteiger partial charge on any atom is 0.244 e. The lowest BCUT2D eigenvalue weighted by molar-refractivity contribution is -0.141. The van der Waals surface area contributed by atoms with E-state index in [-0.39, 0.29) is 18.4 Å². The van der Waals surface area contributed by atoms with Gasteiger partial charge in [-0.15, -0.1) is 0 Å². The minimum absolute atomic E-state index is 0.0248. The molecule has 7 nitrogen and oxygen atoms in total. The molecule has 1 atom stereocenters. The van der Waals surface area contributed by atoms with Gasteiger partial charge in [0, 0.05) is 12.1 Å². The lowest BCUT2D eigenvalue weighted by atomic mass is 10.0. The molecule has 0 bridgehead atoms. The number of para-hydroxylation sites is 1. The molecule has 0 aliphatic carbocycles. The van der Waals surface area contributed by atoms with Crippen molar-refractivity contribution in [1.82, 2.24) is 10.2 Å². The van der Waals surface area contributed by atoms with Crippen LogP contribution in [0.2, 0.25) is 0 Å². The lowest BCUT2D eigenvalue weighted by Crippen LogP contribution is -2.55. The number of sulfonamides is 1. The Morgan fingerprint density at radius 3 is 2.11 bits per heavy atom. The van der Waals surface area contributed by atoms with Crippen LogP contribution in [0.5, 0.6) is 0 Å². The molecule has 1 N–H and O–H groups in total. The average molecular weight is 520 g/mol. The molecule has 0 spiro atoms. The summed E-state index contributed by atoms with van der Waals surface area (Å²) in [5.41, 5.74) is 1.32. The minimum atomic E-state index is -3.83. The van der Waals surface area contributed by atoms with Crippen LogP contribution < -0.4 is 9.62 Å². The van der Waals surface area contributed by atoms with E-state index < -0.39 is 39.9 Å².